The molecule has 92 valence electrons. The van der Waals surface area contributed by atoms with Gasteiger partial charge in [-0.25, -0.2) is 0 Å². The second-order valence-electron chi connectivity index (χ2n) is 3.33. The summed E-state index contributed by atoms with van der Waals surface area (Å²) in [4.78, 5) is 0. The molecule has 0 spiro atoms. The van der Waals surface area contributed by atoms with Crippen molar-refractivity contribution in [2.24, 2.45) is 0 Å². The zero-order valence-corrected chi connectivity index (χ0v) is 10.5. The van der Waals surface area contributed by atoms with Gasteiger partial charge in [0.05, 0.1) is 12.0 Å². The highest BCUT2D eigenvalue weighted by atomic mass is 32.1. The summed E-state index contributed by atoms with van der Waals surface area (Å²) in [7, 11) is 0. The quantitative estimate of drug-likeness (QED) is 0.742. The molecule has 18 heavy (non-hydrogen) atoms. The highest BCUT2D eigenvalue weighted by Gasteiger charge is 1.96. The highest BCUT2D eigenvalue weighted by molar-refractivity contribution is 7.04. The lowest BCUT2D eigenvalue weighted by molar-refractivity contribution is 0.497. The molecule has 2 rings (SSSR count). The van der Waals surface area contributed by atoms with Crippen molar-refractivity contribution in [3.05, 3.63) is 72.9 Å². The Morgan fingerprint density at radius 2 is 1.61 bits per heavy atom. The van der Waals surface area contributed by atoms with Crippen LogP contribution < -0.4 is 0 Å². The van der Waals surface area contributed by atoms with E-state index in [2.05, 4.69) is 4.37 Å². The molecule has 0 aromatic carbocycles. The molecule has 2 aliphatic heterocycles. The van der Waals surface area contributed by atoms with Crippen molar-refractivity contribution in [3.8, 4) is 11.3 Å². The van der Waals surface area contributed by atoms with Crippen molar-refractivity contribution >= 4 is 11.5 Å². The summed E-state index contributed by atoms with van der Waals surface area (Å²) in [6, 6.07) is 13.5. The van der Waals surface area contributed by atoms with Crippen LogP contribution in [0.4, 0.5) is 0 Å². The van der Waals surface area contributed by atoms with Gasteiger partial charge in [0.1, 0.15) is 18.8 Å². The zero-order chi connectivity index (χ0) is 12.5. The third kappa shape index (κ3) is 3.99. The van der Waals surface area contributed by atoms with Crippen LogP contribution in [0.5, 0.6) is 0 Å². The third-order valence-electron chi connectivity index (χ3n) is 2.05. The maximum Gasteiger partial charge on any atom is 0.125 e. The molecule has 0 aromatic rings. The number of nitrogens with one attached hydrogen (secondary N) is 1. The molecule has 0 radical (unpaired) electrons. The van der Waals surface area contributed by atoms with Gasteiger partial charge in [0.25, 0.3) is 0 Å². The van der Waals surface area contributed by atoms with Crippen molar-refractivity contribution in [2.75, 3.05) is 0 Å². The second kappa shape index (κ2) is 7.19. The van der Waals surface area contributed by atoms with E-state index in [9.17, 15) is 0 Å². The van der Waals surface area contributed by atoms with Crippen LogP contribution in [-0.2, 0) is 0 Å². The molecule has 1 N–H and O–H groups in total. The first-order valence-electron chi connectivity index (χ1n) is 5.42. The van der Waals surface area contributed by atoms with Gasteiger partial charge in [0, 0.05) is 10.9 Å². The lowest BCUT2D eigenvalue weighted by atomic mass is 10.2. The van der Waals surface area contributed by atoms with Crippen LogP contribution in [0.3, 0.4) is 0 Å². The highest BCUT2D eigenvalue weighted by Crippen LogP contribution is 2.18. The van der Waals surface area contributed by atoms with E-state index in [4.69, 9.17) is 8.83 Å². The van der Waals surface area contributed by atoms with Crippen LogP contribution in [0.1, 0.15) is 0 Å². The standard InChI is InChI=1S/C14H13NO2S/c1-2-4-6-8-16-9-10-17-11-14-13(7-5-3-1)12-18-15-14/h1-12,15H. The molecular formula is C14H13NO2S. The van der Waals surface area contributed by atoms with Crippen molar-refractivity contribution in [1.29, 1.82) is 0 Å². The van der Waals surface area contributed by atoms with Gasteiger partial charge in [-0.3, -0.25) is 0 Å². The van der Waals surface area contributed by atoms with Crippen LogP contribution in [0.2, 0.25) is 0 Å². The molecule has 0 atom stereocenters. The van der Waals surface area contributed by atoms with Crippen LogP contribution in [0.25, 0.3) is 11.3 Å². The molecular weight excluding hydrogens is 246 g/mol. The Labute approximate surface area is 109 Å². The summed E-state index contributed by atoms with van der Waals surface area (Å²) in [5, 5.41) is 2.02. The maximum absolute atomic E-state index is 5.24. The Bertz CT molecular complexity index is 540. The van der Waals surface area contributed by atoms with Gasteiger partial charge < -0.3 is 13.2 Å². The Hall–Kier alpha value is -2.20. The molecule has 4 heteroatoms. The average molecular weight is 259 g/mol. The summed E-state index contributed by atoms with van der Waals surface area (Å²) in [6.07, 6.45) is 6.16. The van der Waals surface area contributed by atoms with Crippen LogP contribution in [0.15, 0.2) is 81.7 Å². The van der Waals surface area contributed by atoms with Gasteiger partial charge in [-0.05, 0) is 6.07 Å². The zero-order valence-electron chi connectivity index (χ0n) is 9.65. The minimum Gasteiger partial charge on any atom is -0.469 e. The Kier molecular flexibility index (Phi) is 4.90. The van der Waals surface area contributed by atoms with Crippen molar-refractivity contribution in [3.63, 3.8) is 0 Å². The molecule has 0 aromatic heterocycles. The molecule has 0 fully saturated rings. The molecule has 0 amide bonds. The molecule has 0 unspecified atom stereocenters. The lowest BCUT2D eigenvalue weighted by Crippen LogP contribution is -1.67. The fraction of sp³-hybridized carbons (Fsp3) is 0. The fourth-order valence-electron chi connectivity index (χ4n) is 1.22. The fourth-order valence-corrected chi connectivity index (χ4v) is 1.91. The molecule has 0 saturated heterocycles. The summed E-state index contributed by atoms with van der Waals surface area (Å²) in [6.45, 7) is 0. The van der Waals surface area contributed by atoms with Gasteiger partial charge in [-0.2, -0.15) is 0 Å². The topological polar surface area (TPSA) is 42.1 Å². The summed E-state index contributed by atoms with van der Waals surface area (Å²) in [5.41, 5.74) is 2.01. The molecule has 0 aliphatic carbocycles. The number of hydrogen-bond donors (Lipinski definition) is 1. The molecule has 0 saturated carbocycles. The third-order valence-corrected chi connectivity index (χ3v) is 2.76. The second-order valence-corrected chi connectivity index (χ2v) is 4.00. The largest absolute Gasteiger partial charge is 0.469 e. The van der Waals surface area contributed by atoms with E-state index in [1.807, 2.05) is 41.8 Å². The minimum atomic E-state index is 0.926. The number of hydrogen-bond acceptors (Lipinski definition) is 3. The van der Waals surface area contributed by atoms with Crippen molar-refractivity contribution in [1.82, 2.24) is 4.37 Å². The Morgan fingerprint density at radius 1 is 0.833 bits per heavy atom. The smallest absolute Gasteiger partial charge is 0.125 e. The first-order valence-corrected chi connectivity index (χ1v) is 6.29. The summed E-state index contributed by atoms with van der Waals surface area (Å²) >= 11 is 1.52. The number of aromatic amines is 1. The van der Waals surface area contributed by atoms with E-state index >= 15 is 0 Å². The number of aromatic nitrogens is 1. The number of H-pyrrole nitrogens is 1. The first-order chi connectivity index (χ1) is 8.97. The predicted octanol–water partition coefficient (Wildman–Crippen LogP) is 4.74. The monoisotopic (exact) mass is 259 g/mol. The van der Waals surface area contributed by atoms with Gasteiger partial charge in [0.15, 0.2) is 0 Å². The first kappa shape index (κ1) is 12.3. The van der Waals surface area contributed by atoms with Gasteiger partial charge in [0.2, 0.25) is 0 Å². The normalized spacial score (nSPS) is 9.11. The number of fused-ring (bicyclic) bond motifs is 1. The summed E-state index contributed by atoms with van der Waals surface area (Å²) < 4.78 is 13.4. The number of rotatable bonds is 0. The molecule has 3 nitrogen and oxygen atoms in total. The maximum atomic E-state index is 5.24. The van der Waals surface area contributed by atoms with E-state index in [1.165, 1.54) is 24.1 Å². The molecule has 2 aliphatic rings. The van der Waals surface area contributed by atoms with Crippen molar-refractivity contribution in [2.45, 2.75) is 0 Å². The van der Waals surface area contributed by atoms with Gasteiger partial charge in [-0.15, -0.1) is 0 Å². The predicted molar refractivity (Wildman–Crippen MR) is 72.7 cm³/mol. The SMILES string of the molecule is c1ccccc2cs[nH]c-2coccoccc1. The average Bonchev–Trinajstić information content (AvgIpc) is 2.81. The van der Waals surface area contributed by atoms with Crippen LogP contribution >= 0.6 is 11.5 Å². The van der Waals surface area contributed by atoms with Gasteiger partial charge in [-0.1, -0.05) is 47.9 Å². The van der Waals surface area contributed by atoms with E-state index in [0.29, 0.717) is 0 Å². The Morgan fingerprint density at radius 3 is 2.56 bits per heavy atom. The van der Waals surface area contributed by atoms with Crippen LogP contribution in [0, 0.1) is 0 Å². The van der Waals surface area contributed by atoms with E-state index in [-0.39, 0.29) is 0 Å². The van der Waals surface area contributed by atoms with E-state index in [1.54, 1.807) is 18.6 Å². The lowest BCUT2D eigenvalue weighted by Gasteiger charge is -1.86. The van der Waals surface area contributed by atoms with E-state index in [0.717, 1.165) is 11.3 Å². The summed E-state index contributed by atoms with van der Waals surface area (Å²) in [5.74, 6) is 0. The van der Waals surface area contributed by atoms with Crippen molar-refractivity contribution < 1.29 is 8.83 Å². The van der Waals surface area contributed by atoms with Crippen LogP contribution in [-0.4, -0.2) is 4.37 Å². The molecule has 2 heterocycles. The minimum absolute atomic E-state index is 0.926. The van der Waals surface area contributed by atoms with E-state index < -0.39 is 0 Å². The Balaban J connectivity index is 2.47. The van der Waals surface area contributed by atoms with Gasteiger partial charge >= 0.3 is 0 Å². The molecule has 0 bridgehead atoms.